The second kappa shape index (κ2) is 11.2. The summed E-state index contributed by atoms with van der Waals surface area (Å²) >= 11 is 1.47. The summed E-state index contributed by atoms with van der Waals surface area (Å²) in [7, 11) is 2.09. The molecule has 4 atom stereocenters. The molecule has 4 heterocycles. The fraction of sp³-hybridized carbons (Fsp3) is 0.533. The number of benzene rings is 1. The lowest BCUT2D eigenvalue weighted by molar-refractivity contribution is -0.131. The van der Waals surface area contributed by atoms with Crippen molar-refractivity contribution in [3.8, 4) is 23.6 Å². The number of hydrogen-bond acceptors (Lipinski definition) is 9. The van der Waals surface area contributed by atoms with Crippen LogP contribution in [-0.4, -0.2) is 96.9 Å². The van der Waals surface area contributed by atoms with Crippen LogP contribution in [0.2, 0.25) is 0 Å². The van der Waals surface area contributed by atoms with Gasteiger partial charge in [0.05, 0.1) is 17.7 Å². The van der Waals surface area contributed by atoms with Gasteiger partial charge in [-0.05, 0) is 38.1 Å². The number of rotatable bonds is 7. The van der Waals surface area contributed by atoms with E-state index in [9.17, 15) is 14.4 Å². The van der Waals surface area contributed by atoms with Crippen molar-refractivity contribution in [2.75, 3.05) is 51.3 Å². The minimum absolute atomic E-state index is 0.0720. The highest BCUT2D eigenvalue weighted by molar-refractivity contribution is 7.14. The van der Waals surface area contributed by atoms with Crippen molar-refractivity contribution >= 4 is 34.4 Å². The number of likely N-dealkylation sites (tertiary alicyclic amines) is 1. The predicted molar refractivity (Wildman–Crippen MR) is 153 cm³/mol. The number of nitrogens with one attached hydrogen (secondary N) is 1. The fourth-order valence-corrected chi connectivity index (χ4v) is 7.68. The van der Waals surface area contributed by atoms with Crippen molar-refractivity contribution in [3.63, 3.8) is 0 Å². The average molecular weight is 580 g/mol. The lowest BCUT2D eigenvalue weighted by atomic mass is 9.88. The van der Waals surface area contributed by atoms with Crippen LogP contribution in [0.5, 0.6) is 0 Å². The van der Waals surface area contributed by atoms with Gasteiger partial charge in [-0.25, -0.2) is 9.37 Å². The molecule has 4 fully saturated rings. The van der Waals surface area contributed by atoms with Gasteiger partial charge in [-0.3, -0.25) is 19.3 Å². The number of anilines is 1. The third-order valence-electron chi connectivity index (χ3n) is 9.12. The molecule has 1 N–H and O–H groups in total. The lowest BCUT2D eigenvalue weighted by Crippen LogP contribution is -2.68. The number of hydrogen-bond donors (Lipinski definition) is 1. The van der Waals surface area contributed by atoms with Crippen LogP contribution < -0.4 is 10.2 Å². The zero-order valence-electron chi connectivity index (χ0n) is 23.1. The molecular weight excluding hydrogens is 545 g/mol. The molecule has 1 aromatic carbocycles. The molecule has 1 aliphatic carbocycles. The number of aldehydes is 1. The molecule has 0 bridgehead atoms. The number of ketones is 1. The summed E-state index contributed by atoms with van der Waals surface area (Å²) in [5.41, 5.74) is -0.538. The Bertz CT molecular complexity index is 1380. The minimum atomic E-state index is -1.45. The minimum Gasteiger partial charge on any atom is -0.367 e. The Hall–Kier alpha value is -3.17. The Kier molecular flexibility index (Phi) is 7.68. The molecule has 2 aromatic rings. The van der Waals surface area contributed by atoms with Gasteiger partial charge in [0.25, 0.3) is 5.91 Å². The van der Waals surface area contributed by atoms with E-state index in [4.69, 9.17) is 11.2 Å². The first-order valence-electron chi connectivity index (χ1n) is 14.2. The number of carbonyl (C=O) groups excluding carboxylic acids is 3. The number of amides is 1. The predicted octanol–water partition coefficient (Wildman–Crippen LogP) is 2.42. The molecule has 4 unspecified atom stereocenters. The van der Waals surface area contributed by atoms with Gasteiger partial charge < -0.3 is 19.9 Å². The van der Waals surface area contributed by atoms with E-state index in [1.54, 1.807) is 17.0 Å². The lowest BCUT2D eigenvalue weighted by Gasteiger charge is -2.44. The number of nitrogens with zero attached hydrogens (tertiary/aromatic N) is 4. The number of aromatic nitrogens is 1. The number of thiazole rings is 1. The molecule has 3 aliphatic heterocycles. The first kappa shape index (κ1) is 28.0. The van der Waals surface area contributed by atoms with E-state index in [0.717, 1.165) is 63.3 Å². The number of piperazine rings is 1. The van der Waals surface area contributed by atoms with Crippen LogP contribution in [-0.2, 0) is 14.3 Å². The van der Waals surface area contributed by atoms with E-state index in [1.165, 1.54) is 17.4 Å². The zero-order chi connectivity index (χ0) is 28.7. The second-order valence-electron chi connectivity index (χ2n) is 11.5. The van der Waals surface area contributed by atoms with E-state index in [1.807, 2.05) is 5.38 Å². The van der Waals surface area contributed by atoms with Gasteiger partial charge in [-0.1, -0.05) is 18.8 Å². The molecule has 1 saturated carbocycles. The van der Waals surface area contributed by atoms with Crippen LogP contribution in [0.25, 0.3) is 11.3 Å². The summed E-state index contributed by atoms with van der Waals surface area (Å²) in [5.74, 6) is 0.809. The molecule has 1 amide bonds. The largest absolute Gasteiger partial charge is 0.367 e. The van der Waals surface area contributed by atoms with Gasteiger partial charge in [-0.2, -0.15) is 0 Å². The van der Waals surface area contributed by atoms with E-state index < -0.39 is 29.5 Å². The van der Waals surface area contributed by atoms with Crippen LogP contribution in [0.15, 0.2) is 23.6 Å². The van der Waals surface area contributed by atoms with Gasteiger partial charge in [0, 0.05) is 55.1 Å². The van der Waals surface area contributed by atoms with Crippen molar-refractivity contribution in [2.45, 2.75) is 43.5 Å². The summed E-state index contributed by atoms with van der Waals surface area (Å²) in [6, 6.07) is 3.58. The van der Waals surface area contributed by atoms with Crippen molar-refractivity contribution < 1.29 is 23.5 Å². The zero-order valence-corrected chi connectivity index (χ0v) is 23.9. The normalized spacial score (nSPS) is 27.0. The Labute approximate surface area is 243 Å². The first-order valence-corrected chi connectivity index (χ1v) is 15.1. The molecule has 0 spiro atoms. The van der Waals surface area contributed by atoms with Gasteiger partial charge in [0.15, 0.2) is 22.9 Å². The Morgan fingerprint density at radius 1 is 1.27 bits per heavy atom. The molecular formula is C30H34FN5O4S. The number of terminal acetylenes is 1. The highest BCUT2D eigenvalue weighted by Gasteiger charge is 2.59. The number of carbonyl (C=O) groups is 3. The molecule has 41 heavy (non-hydrogen) atoms. The SMILES string of the molecule is C#CC1CN(C(C=O)(NC(=O)c2ccc(-c3csc(N4CCN(C)CC4)n3)c(F)c2)C2CCCC2)C2C(=O)COC12. The van der Waals surface area contributed by atoms with Crippen molar-refractivity contribution in [1.82, 2.24) is 20.1 Å². The summed E-state index contributed by atoms with van der Waals surface area (Å²) in [6.07, 6.45) is 9.24. The Morgan fingerprint density at radius 2 is 2.02 bits per heavy atom. The van der Waals surface area contributed by atoms with Crippen LogP contribution in [0.3, 0.4) is 0 Å². The van der Waals surface area contributed by atoms with Crippen LogP contribution in [0, 0.1) is 30.0 Å². The molecule has 9 nitrogen and oxygen atoms in total. The van der Waals surface area contributed by atoms with E-state index in [0.29, 0.717) is 11.3 Å². The molecule has 0 radical (unpaired) electrons. The van der Waals surface area contributed by atoms with Gasteiger partial charge in [0.1, 0.15) is 18.5 Å². The molecule has 6 rings (SSSR count). The second-order valence-corrected chi connectivity index (χ2v) is 12.3. The first-order chi connectivity index (χ1) is 19.8. The summed E-state index contributed by atoms with van der Waals surface area (Å²) in [6.45, 7) is 3.79. The summed E-state index contributed by atoms with van der Waals surface area (Å²) in [4.78, 5) is 50.4. The third kappa shape index (κ3) is 4.97. The molecule has 1 aromatic heterocycles. The monoisotopic (exact) mass is 579 g/mol. The maximum atomic E-state index is 15.4. The van der Waals surface area contributed by atoms with Gasteiger partial charge >= 0.3 is 0 Å². The fourth-order valence-electron chi connectivity index (χ4n) is 6.80. The summed E-state index contributed by atoms with van der Waals surface area (Å²) in [5, 5.41) is 5.62. The highest BCUT2D eigenvalue weighted by atomic mass is 32.1. The highest BCUT2D eigenvalue weighted by Crippen LogP contribution is 2.42. The summed E-state index contributed by atoms with van der Waals surface area (Å²) < 4.78 is 21.1. The maximum Gasteiger partial charge on any atom is 0.253 e. The molecule has 4 aliphatic rings. The molecule has 216 valence electrons. The van der Waals surface area contributed by atoms with E-state index in [2.05, 4.69) is 33.1 Å². The number of halogens is 1. The van der Waals surface area contributed by atoms with E-state index in [-0.39, 0.29) is 36.3 Å². The van der Waals surface area contributed by atoms with Gasteiger partial charge in [-0.15, -0.1) is 17.8 Å². The number of Topliss-reactive ketones (excluding diaryl/α,β-unsaturated/α-hetero) is 1. The Balaban J connectivity index is 1.26. The number of ether oxygens (including phenoxy) is 1. The van der Waals surface area contributed by atoms with Crippen molar-refractivity contribution in [1.29, 1.82) is 0 Å². The van der Waals surface area contributed by atoms with Crippen LogP contribution in [0.1, 0.15) is 36.0 Å². The topological polar surface area (TPSA) is 95.1 Å². The third-order valence-corrected chi connectivity index (χ3v) is 10.0. The number of fused-ring (bicyclic) bond motifs is 1. The van der Waals surface area contributed by atoms with Gasteiger partial charge in [0.2, 0.25) is 0 Å². The Morgan fingerprint density at radius 3 is 2.71 bits per heavy atom. The smallest absolute Gasteiger partial charge is 0.253 e. The van der Waals surface area contributed by atoms with Crippen molar-refractivity contribution in [2.24, 2.45) is 11.8 Å². The average Bonchev–Trinajstić information content (AvgIpc) is 3.79. The standard InChI is InChI=1S/C30H34FN5O4S/c1-3-19-15-36(26-25(38)16-40-27(19)26)30(18-37,21-6-4-5-7-21)33-28(39)20-8-9-22(23(31)14-20)24-17-41-29(32-24)35-12-10-34(2)11-13-35/h1,8-9,14,17-19,21,26-27H,4-7,10-13,15-16H2,2H3,(H,33,39). The van der Waals surface area contributed by atoms with E-state index >= 15 is 4.39 Å². The molecule has 11 heteroatoms. The van der Waals surface area contributed by atoms with Crippen molar-refractivity contribution in [3.05, 3.63) is 35.0 Å². The van der Waals surface area contributed by atoms with Crippen LogP contribution >= 0.6 is 11.3 Å². The van der Waals surface area contributed by atoms with Crippen LogP contribution in [0.4, 0.5) is 9.52 Å². The number of likely N-dealkylation sites (N-methyl/N-ethyl adjacent to an activating group) is 1. The maximum absolute atomic E-state index is 15.4. The molecule has 3 saturated heterocycles. The quantitative estimate of drug-likeness (QED) is 0.395.